The summed E-state index contributed by atoms with van der Waals surface area (Å²) in [7, 11) is 11.2. The molecule has 0 heterocycles. The van der Waals surface area contributed by atoms with Gasteiger partial charge in [0.1, 0.15) is 0 Å². The Hall–Kier alpha value is 0.380. The van der Waals surface area contributed by atoms with E-state index in [2.05, 4.69) is 78.9 Å². The van der Waals surface area contributed by atoms with Crippen molar-refractivity contribution in [2.45, 2.75) is 93.2 Å². The fourth-order valence-corrected chi connectivity index (χ4v) is 3.07. The van der Waals surface area contributed by atoms with Gasteiger partial charge in [-0.25, -0.2) is 12.1 Å². The summed E-state index contributed by atoms with van der Waals surface area (Å²) in [5, 5.41) is 0. The molecule has 0 N–H and O–H groups in total. The molecule has 0 aliphatic heterocycles. The average molecular weight is 519 g/mol. The fourth-order valence-electron chi connectivity index (χ4n) is 3.07. The van der Waals surface area contributed by atoms with Crippen LogP contribution in [0, 0.1) is 0 Å². The van der Waals surface area contributed by atoms with Gasteiger partial charge in [0.25, 0.3) is 0 Å². The number of hydrogen-bond donors (Lipinski definition) is 0. The van der Waals surface area contributed by atoms with Crippen molar-refractivity contribution in [3.8, 4) is 0 Å². The summed E-state index contributed by atoms with van der Waals surface area (Å²) in [6.45, 7) is 17.7. The second-order valence-corrected chi connectivity index (χ2v) is 30.2. The summed E-state index contributed by atoms with van der Waals surface area (Å²) in [6, 6.07) is 9.38. The van der Waals surface area contributed by atoms with Gasteiger partial charge in [-0.1, -0.05) is 80.1 Å². The van der Waals surface area contributed by atoms with Crippen molar-refractivity contribution < 1.29 is 18.0 Å². The normalized spacial score (nSPS) is 9.93. The van der Waals surface area contributed by atoms with Crippen LogP contribution in [-0.4, -0.2) is 5.43 Å². The van der Waals surface area contributed by atoms with E-state index < -0.39 is 18.0 Å². The van der Waals surface area contributed by atoms with Crippen LogP contribution in [-0.2, 0) is 56.5 Å². The molecule has 0 aliphatic carbocycles. The van der Waals surface area contributed by atoms with Gasteiger partial charge in [0.15, 0.2) is 0 Å². The van der Waals surface area contributed by atoms with Crippen LogP contribution in [0.25, 0.3) is 0 Å². The molecule has 0 spiro atoms. The van der Waals surface area contributed by atoms with Gasteiger partial charge in [0.05, 0.1) is 0 Å². The first-order valence-corrected chi connectivity index (χ1v) is 23.3. The van der Waals surface area contributed by atoms with E-state index in [1.807, 2.05) is 0 Å². The summed E-state index contributed by atoms with van der Waals surface area (Å²) in [4.78, 5) is 0. The van der Waals surface area contributed by atoms with Crippen LogP contribution in [0.3, 0.4) is 0 Å². The van der Waals surface area contributed by atoms with E-state index >= 15 is 0 Å². The van der Waals surface area contributed by atoms with Gasteiger partial charge in [-0.3, -0.25) is 0 Å². The minimum absolute atomic E-state index is 0.224. The van der Waals surface area contributed by atoms with Crippen LogP contribution in [0.15, 0.2) is 24.3 Å². The van der Waals surface area contributed by atoms with Gasteiger partial charge in [-0.15, -0.1) is 0 Å². The maximum atomic E-state index is 5.62. The Morgan fingerprint density at radius 2 is 1.00 bits per heavy atom. The summed E-state index contributed by atoms with van der Waals surface area (Å²) < 4.78 is 0. The molecule has 0 bridgehead atoms. The molecule has 28 heavy (non-hydrogen) atoms. The Labute approximate surface area is 190 Å². The van der Waals surface area contributed by atoms with Crippen molar-refractivity contribution in [3.05, 3.63) is 57.6 Å². The quantitative estimate of drug-likeness (QED) is 0.266. The first kappa shape index (κ1) is 28.4. The molecular weight excluding hydrogens is 478 g/mol. The van der Waals surface area contributed by atoms with Crippen molar-refractivity contribution in [1.82, 2.24) is 0 Å². The molecule has 2 aromatic rings. The topological polar surface area (TPSA) is 0 Å². The molecule has 0 nitrogen and oxygen atoms in total. The van der Waals surface area contributed by atoms with Gasteiger partial charge in [0, 0.05) is 0 Å². The second kappa shape index (κ2) is 16.1. The van der Waals surface area contributed by atoms with Crippen molar-refractivity contribution in [2.75, 3.05) is 0 Å². The molecule has 0 saturated carbocycles. The summed E-state index contributed by atoms with van der Waals surface area (Å²) >= 11 is -1.65. The Morgan fingerprint density at radius 1 is 0.679 bits per heavy atom. The molecule has 0 radical (unpaired) electrons. The van der Waals surface area contributed by atoms with E-state index in [0.717, 1.165) is 0 Å². The van der Waals surface area contributed by atoms with E-state index in [0.29, 0.717) is 0 Å². The van der Waals surface area contributed by atoms with Crippen molar-refractivity contribution in [2.24, 2.45) is 0 Å². The minimum atomic E-state index is -1.65. The molecule has 0 unspecified atom stereocenters. The zero-order valence-corrected chi connectivity index (χ0v) is 24.3. The third-order valence-corrected chi connectivity index (χ3v) is 24.7. The third-order valence-electron chi connectivity index (χ3n) is 4.98. The van der Waals surface area contributed by atoms with Crippen molar-refractivity contribution >= 4 is 22.5 Å². The van der Waals surface area contributed by atoms with Gasteiger partial charge in [-0.05, 0) is 0 Å². The first-order chi connectivity index (χ1) is 13.3. The average Bonchev–Trinajstić information content (AvgIpc) is 3.31. The summed E-state index contributed by atoms with van der Waals surface area (Å²) in [6.07, 6.45) is 7.08. The van der Waals surface area contributed by atoms with Crippen LogP contribution < -0.4 is 0 Å². The molecule has 0 saturated heterocycles. The zero-order chi connectivity index (χ0) is 21.7. The van der Waals surface area contributed by atoms with Gasteiger partial charge in [0.2, 0.25) is 0 Å². The molecule has 0 amide bonds. The standard InChI is InChI=1S/2C11H17.C2H6Si.2ClH.Zr/c2*1-4-9-7-10(5-2)11(6-3)8-9;1-3-2;;;/h2*7-8H,4-6H2,1-3H3;1-2H3;2*1H;/q2*-1;;;;+2/p-2. The fraction of sp³-hybridized carbons (Fsp3) is 0.583. The van der Waals surface area contributed by atoms with Crippen LogP contribution in [0.4, 0.5) is 0 Å². The molecule has 4 heteroatoms. The molecule has 0 aromatic heterocycles. The Kier molecular flexibility index (Phi) is 16.3. The molecule has 160 valence electrons. The predicted molar refractivity (Wildman–Crippen MR) is 130 cm³/mol. The van der Waals surface area contributed by atoms with Gasteiger partial charge in [-0.2, -0.15) is 45.5 Å². The Morgan fingerprint density at radius 3 is 1.14 bits per heavy atom. The number of hydrogen-bond acceptors (Lipinski definition) is 0. The Balaban J connectivity index is 0.000000411. The molecule has 0 fully saturated rings. The van der Waals surface area contributed by atoms with Crippen molar-refractivity contribution in [1.29, 1.82) is 0 Å². The third kappa shape index (κ3) is 10.4. The van der Waals surface area contributed by atoms with Crippen LogP contribution >= 0.6 is 17.0 Å². The summed E-state index contributed by atoms with van der Waals surface area (Å²) in [5.41, 5.74) is 8.96. The van der Waals surface area contributed by atoms with Crippen LogP contribution in [0.5, 0.6) is 0 Å². The Bertz CT molecular complexity index is 599. The van der Waals surface area contributed by atoms with Crippen LogP contribution in [0.1, 0.15) is 74.9 Å². The van der Waals surface area contributed by atoms with Gasteiger partial charge < -0.3 is 0 Å². The van der Waals surface area contributed by atoms with E-state index in [4.69, 9.17) is 17.0 Å². The van der Waals surface area contributed by atoms with Crippen molar-refractivity contribution in [3.63, 3.8) is 0 Å². The predicted octanol–water partition coefficient (Wildman–Crippen LogP) is 8.35. The SMILES string of the molecule is CCc1cc(CC)c(CC)[cH-]1.CCc1cc(CC)c(CC)[cH-]1.C[Si](C)=[Zr]([Cl])[Cl]. The van der Waals surface area contributed by atoms with Gasteiger partial charge >= 0.3 is 53.5 Å². The van der Waals surface area contributed by atoms with E-state index in [9.17, 15) is 0 Å². The molecular formula is C24H40Cl2SiZr-2. The van der Waals surface area contributed by atoms with E-state index in [1.54, 1.807) is 22.3 Å². The zero-order valence-electron chi connectivity index (χ0n) is 19.3. The maximum absolute atomic E-state index is 5.62. The summed E-state index contributed by atoms with van der Waals surface area (Å²) in [5.74, 6) is 0. The van der Waals surface area contributed by atoms with E-state index in [-0.39, 0.29) is 5.43 Å². The second-order valence-electron chi connectivity index (χ2n) is 7.21. The van der Waals surface area contributed by atoms with E-state index in [1.165, 1.54) is 49.7 Å². The molecule has 0 atom stereocenters. The molecule has 0 aliphatic rings. The monoisotopic (exact) mass is 516 g/mol. The first-order valence-electron chi connectivity index (χ1n) is 10.8. The number of halogens is 2. The number of aryl methyl sites for hydroxylation is 6. The molecule has 2 aromatic carbocycles. The molecule has 2 rings (SSSR count). The van der Waals surface area contributed by atoms with Crippen LogP contribution in [0.2, 0.25) is 13.1 Å². The number of rotatable bonds is 6.